The maximum absolute atomic E-state index is 12.5. The third-order valence-electron chi connectivity index (χ3n) is 3.88. The lowest BCUT2D eigenvalue weighted by molar-refractivity contribution is 0.102. The van der Waals surface area contributed by atoms with Crippen LogP contribution in [0.1, 0.15) is 10.4 Å². The Hall–Kier alpha value is -2.69. The lowest BCUT2D eigenvalue weighted by Crippen LogP contribution is -2.11. The zero-order chi connectivity index (χ0) is 17.2. The van der Waals surface area contributed by atoms with E-state index in [1.807, 2.05) is 72.1 Å². The van der Waals surface area contributed by atoms with E-state index in [0.29, 0.717) is 15.7 Å². The second kappa shape index (κ2) is 6.67. The number of amides is 1. The molecule has 0 bridgehead atoms. The van der Waals surface area contributed by atoms with E-state index in [0.717, 1.165) is 22.0 Å². The molecule has 0 aliphatic rings. The molecular weight excluding hydrogens is 352 g/mol. The predicted molar refractivity (Wildman–Crippen MR) is 104 cm³/mol. The Kier molecular flexibility index (Phi) is 4.22. The fourth-order valence-electron chi connectivity index (χ4n) is 2.58. The van der Waals surface area contributed by atoms with Gasteiger partial charge in [-0.3, -0.25) is 10.1 Å². The molecule has 0 aliphatic carbocycles. The summed E-state index contributed by atoms with van der Waals surface area (Å²) >= 11 is 7.31. The van der Waals surface area contributed by atoms with Crippen molar-refractivity contribution in [2.75, 3.05) is 5.32 Å². The summed E-state index contributed by atoms with van der Waals surface area (Å²) in [5.41, 5.74) is 2.39. The molecule has 0 spiro atoms. The molecule has 0 radical (unpaired) electrons. The van der Waals surface area contributed by atoms with Crippen LogP contribution in [0.4, 0.5) is 5.13 Å². The van der Waals surface area contributed by atoms with E-state index in [9.17, 15) is 4.79 Å². The van der Waals surface area contributed by atoms with Gasteiger partial charge in [0.2, 0.25) is 0 Å². The van der Waals surface area contributed by atoms with Gasteiger partial charge in [-0.2, -0.15) is 0 Å². The number of nitrogens with one attached hydrogen (secondary N) is 1. The average Bonchev–Trinajstić information content (AvgIpc) is 3.10. The summed E-state index contributed by atoms with van der Waals surface area (Å²) in [4.78, 5) is 17.0. The van der Waals surface area contributed by atoms with E-state index >= 15 is 0 Å². The van der Waals surface area contributed by atoms with Crippen LogP contribution in [0, 0.1) is 0 Å². The molecule has 122 valence electrons. The van der Waals surface area contributed by atoms with Crippen LogP contribution in [0.25, 0.3) is 22.0 Å². The zero-order valence-corrected chi connectivity index (χ0v) is 14.6. The largest absolute Gasteiger partial charge is 0.298 e. The lowest BCUT2D eigenvalue weighted by Gasteiger charge is -2.04. The number of aromatic nitrogens is 1. The number of fused-ring (bicyclic) bond motifs is 1. The summed E-state index contributed by atoms with van der Waals surface area (Å²) in [7, 11) is 0. The highest BCUT2D eigenvalue weighted by molar-refractivity contribution is 7.14. The number of nitrogens with zero attached hydrogens (tertiary/aromatic N) is 1. The number of rotatable bonds is 3. The van der Waals surface area contributed by atoms with Gasteiger partial charge in [0.15, 0.2) is 5.13 Å². The first-order valence-electron chi connectivity index (χ1n) is 7.71. The average molecular weight is 365 g/mol. The quantitative estimate of drug-likeness (QED) is 0.494. The maximum atomic E-state index is 12.5. The molecule has 0 fully saturated rings. The molecule has 1 amide bonds. The fourth-order valence-corrected chi connectivity index (χ4v) is 3.42. The monoisotopic (exact) mass is 364 g/mol. The Morgan fingerprint density at radius 1 is 0.960 bits per heavy atom. The SMILES string of the molecule is O=C(Nc1nc(-c2ccc(Cl)cc2)cs1)c1ccc2ccccc2c1. The summed E-state index contributed by atoms with van der Waals surface area (Å²) in [6.45, 7) is 0. The second-order valence-corrected chi connectivity index (χ2v) is 6.86. The number of hydrogen-bond donors (Lipinski definition) is 1. The van der Waals surface area contributed by atoms with Gasteiger partial charge < -0.3 is 0 Å². The van der Waals surface area contributed by atoms with Crippen LogP contribution in [0.5, 0.6) is 0 Å². The van der Waals surface area contributed by atoms with Crippen LogP contribution in [0.3, 0.4) is 0 Å². The molecule has 1 N–H and O–H groups in total. The van der Waals surface area contributed by atoms with E-state index in [1.54, 1.807) is 0 Å². The molecule has 4 rings (SSSR count). The van der Waals surface area contributed by atoms with Crippen molar-refractivity contribution in [3.8, 4) is 11.3 Å². The topological polar surface area (TPSA) is 42.0 Å². The smallest absolute Gasteiger partial charge is 0.257 e. The summed E-state index contributed by atoms with van der Waals surface area (Å²) in [5, 5.41) is 8.19. The minimum Gasteiger partial charge on any atom is -0.298 e. The van der Waals surface area contributed by atoms with Crippen LogP contribution in [0.15, 0.2) is 72.1 Å². The second-order valence-electron chi connectivity index (χ2n) is 5.56. The highest BCUT2D eigenvalue weighted by Crippen LogP contribution is 2.26. The Bertz CT molecular complexity index is 1060. The van der Waals surface area contributed by atoms with E-state index < -0.39 is 0 Å². The van der Waals surface area contributed by atoms with Gasteiger partial charge in [0.05, 0.1) is 5.69 Å². The first-order chi connectivity index (χ1) is 12.2. The summed E-state index contributed by atoms with van der Waals surface area (Å²) in [6, 6.07) is 21.1. The first-order valence-corrected chi connectivity index (χ1v) is 8.96. The van der Waals surface area contributed by atoms with Crippen molar-refractivity contribution in [2.24, 2.45) is 0 Å². The molecule has 0 unspecified atom stereocenters. The van der Waals surface area contributed by atoms with Crippen LogP contribution in [-0.4, -0.2) is 10.9 Å². The van der Waals surface area contributed by atoms with Crippen LogP contribution in [-0.2, 0) is 0 Å². The zero-order valence-electron chi connectivity index (χ0n) is 13.1. The molecule has 0 aliphatic heterocycles. The Morgan fingerprint density at radius 2 is 1.72 bits per heavy atom. The number of carbonyl (C=O) groups is 1. The molecule has 1 heterocycles. The van der Waals surface area contributed by atoms with Crippen molar-refractivity contribution in [2.45, 2.75) is 0 Å². The van der Waals surface area contributed by atoms with Gasteiger partial charge in [0.25, 0.3) is 5.91 Å². The van der Waals surface area contributed by atoms with Gasteiger partial charge in [-0.1, -0.05) is 54.1 Å². The molecule has 3 nitrogen and oxygen atoms in total. The third-order valence-corrected chi connectivity index (χ3v) is 4.89. The van der Waals surface area contributed by atoms with Crippen LogP contribution >= 0.6 is 22.9 Å². The molecule has 1 aromatic heterocycles. The number of carbonyl (C=O) groups excluding carboxylic acids is 1. The minimum absolute atomic E-state index is 0.164. The van der Waals surface area contributed by atoms with E-state index in [1.165, 1.54) is 11.3 Å². The molecule has 4 aromatic rings. The molecule has 0 saturated heterocycles. The van der Waals surface area contributed by atoms with Crippen molar-refractivity contribution in [3.05, 3.63) is 82.7 Å². The van der Waals surface area contributed by atoms with E-state index in [4.69, 9.17) is 11.6 Å². The van der Waals surface area contributed by atoms with Crippen molar-refractivity contribution in [3.63, 3.8) is 0 Å². The van der Waals surface area contributed by atoms with Gasteiger partial charge in [-0.15, -0.1) is 11.3 Å². The van der Waals surface area contributed by atoms with Gasteiger partial charge in [-0.25, -0.2) is 4.98 Å². The Labute approximate surface area is 153 Å². The van der Waals surface area contributed by atoms with Crippen LogP contribution < -0.4 is 5.32 Å². The maximum Gasteiger partial charge on any atom is 0.257 e. The first kappa shape index (κ1) is 15.8. The van der Waals surface area contributed by atoms with Crippen molar-refractivity contribution >= 4 is 44.7 Å². The highest BCUT2D eigenvalue weighted by atomic mass is 35.5. The number of hydrogen-bond acceptors (Lipinski definition) is 3. The van der Waals surface area contributed by atoms with E-state index in [2.05, 4.69) is 10.3 Å². The summed E-state index contributed by atoms with van der Waals surface area (Å²) in [5.74, 6) is -0.164. The van der Waals surface area contributed by atoms with Crippen molar-refractivity contribution < 1.29 is 4.79 Å². The standard InChI is InChI=1S/C20H13ClN2OS/c21-17-9-7-14(8-10-17)18-12-25-20(22-18)23-19(24)16-6-5-13-3-1-2-4-15(13)11-16/h1-12H,(H,22,23,24). The molecule has 5 heteroatoms. The third kappa shape index (κ3) is 3.40. The lowest BCUT2D eigenvalue weighted by atomic mass is 10.1. The molecular formula is C20H13ClN2OS. The van der Waals surface area contributed by atoms with Crippen molar-refractivity contribution in [1.29, 1.82) is 0 Å². The molecule has 3 aromatic carbocycles. The predicted octanol–water partition coefficient (Wildman–Crippen LogP) is 5.87. The van der Waals surface area contributed by atoms with Gasteiger partial charge >= 0.3 is 0 Å². The van der Waals surface area contributed by atoms with Gasteiger partial charge in [0.1, 0.15) is 0 Å². The van der Waals surface area contributed by atoms with Gasteiger partial charge in [-0.05, 0) is 35.0 Å². The molecule has 0 atom stereocenters. The number of halogens is 1. The van der Waals surface area contributed by atoms with E-state index in [-0.39, 0.29) is 5.91 Å². The molecule has 0 saturated carbocycles. The number of benzene rings is 3. The summed E-state index contributed by atoms with van der Waals surface area (Å²) in [6.07, 6.45) is 0. The number of anilines is 1. The Morgan fingerprint density at radius 3 is 2.52 bits per heavy atom. The highest BCUT2D eigenvalue weighted by Gasteiger charge is 2.10. The fraction of sp³-hybridized carbons (Fsp3) is 0. The van der Waals surface area contributed by atoms with Crippen molar-refractivity contribution in [1.82, 2.24) is 4.98 Å². The Balaban J connectivity index is 1.55. The van der Waals surface area contributed by atoms with Gasteiger partial charge in [0, 0.05) is 21.5 Å². The van der Waals surface area contributed by atoms with Crippen LogP contribution in [0.2, 0.25) is 5.02 Å². The minimum atomic E-state index is -0.164. The summed E-state index contributed by atoms with van der Waals surface area (Å²) < 4.78 is 0. The normalized spacial score (nSPS) is 10.8. The molecule has 25 heavy (non-hydrogen) atoms. The number of thiazole rings is 1.